The Bertz CT molecular complexity index is 374. The molecule has 0 aromatic carbocycles. The highest BCUT2D eigenvalue weighted by Crippen LogP contribution is 2.04. The van der Waals surface area contributed by atoms with Crippen molar-refractivity contribution in [3.8, 4) is 0 Å². The predicted molar refractivity (Wildman–Crippen MR) is 63.1 cm³/mol. The summed E-state index contributed by atoms with van der Waals surface area (Å²) in [6, 6.07) is 3.32. The van der Waals surface area contributed by atoms with Crippen LogP contribution in [0, 0.1) is 0 Å². The number of aliphatic hydroxyl groups is 2. The number of aromatic nitrogens is 1. The highest BCUT2D eigenvalue weighted by atomic mass is 16.3. The van der Waals surface area contributed by atoms with E-state index in [1.807, 2.05) is 0 Å². The Hall–Kier alpha value is -1.66. The molecule has 5 N–H and O–H groups in total. The number of amides is 1. The largest absolute Gasteiger partial charge is 0.397 e. The Morgan fingerprint density at radius 3 is 2.59 bits per heavy atom. The maximum absolute atomic E-state index is 11.6. The van der Waals surface area contributed by atoms with Crippen LogP contribution in [0.4, 0.5) is 5.69 Å². The Morgan fingerprint density at radius 1 is 1.47 bits per heavy atom. The molecule has 0 radical (unpaired) electrons. The first-order chi connectivity index (χ1) is 7.99. The zero-order chi connectivity index (χ0) is 12.9. The second-order valence-electron chi connectivity index (χ2n) is 4.18. The molecule has 0 aliphatic rings. The zero-order valence-electron chi connectivity index (χ0n) is 9.68. The first-order valence-electron chi connectivity index (χ1n) is 5.22. The van der Waals surface area contributed by atoms with Gasteiger partial charge in [0.05, 0.1) is 37.1 Å². The van der Waals surface area contributed by atoms with Crippen LogP contribution in [0.1, 0.15) is 12.6 Å². The Labute approximate surface area is 99.5 Å². The molecule has 94 valence electrons. The summed E-state index contributed by atoms with van der Waals surface area (Å²) in [5.74, 6) is -0.312. The number of carbonyl (C=O) groups excluding carboxylic acids is 1. The van der Waals surface area contributed by atoms with Gasteiger partial charge in [-0.3, -0.25) is 9.78 Å². The smallest absolute Gasteiger partial charge is 0.226 e. The standard InChI is InChI=1S/C11H17N3O3/c1-11(6-15,7-16)14-10(17)4-9-3-2-8(12)5-13-9/h2-3,5,15-16H,4,6-7,12H2,1H3,(H,14,17). The molecule has 0 aliphatic carbocycles. The number of pyridine rings is 1. The quantitative estimate of drug-likeness (QED) is 0.530. The molecule has 0 atom stereocenters. The Morgan fingerprint density at radius 2 is 2.12 bits per heavy atom. The minimum Gasteiger partial charge on any atom is -0.397 e. The average molecular weight is 239 g/mol. The zero-order valence-corrected chi connectivity index (χ0v) is 9.68. The molecule has 1 heterocycles. The number of nitrogens with zero attached hydrogens (tertiary/aromatic N) is 1. The topological polar surface area (TPSA) is 108 Å². The van der Waals surface area contributed by atoms with E-state index < -0.39 is 5.54 Å². The van der Waals surface area contributed by atoms with E-state index >= 15 is 0 Å². The van der Waals surface area contributed by atoms with E-state index in [0.717, 1.165) is 0 Å². The van der Waals surface area contributed by atoms with Crippen LogP contribution in [-0.2, 0) is 11.2 Å². The van der Waals surface area contributed by atoms with Crippen LogP contribution < -0.4 is 11.1 Å². The lowest BCUT2D eigenvalue weighted by atomic mass is 10.1. The van der Waals surface area contributed by atoms with Crippen LogP contribution in [0.15, 0.2) is 18.3 Å². The fourth-order valence-electron chi connectivity index (χ4n) is 1.21. The third-order valence-electron chi connectivity index (χ3n) is 2.33. The number of aliphatic hydroxyl groups excluding tert-OH is 2. The number of carbonyl (C=O) groups is 1. The van der Waals surface area contributed by atoms with Gasteiger partial charge in [0.25, 0.3) is 0 Å². The van der Waals surface area contributed by atoms with Gasteiger partial charge >= 0.3 is 0 Å². The van der Waals surface area contributed by atoms with Gasteiger partial charge in [-0.25, -0.2) is 0 Å². The summed E-state index contributed by atoms with van der Waals surface area (Å²) in [5.41, 5.74) is 5.57. The molecule has 0 spiro atoms. The highest BCUT2D eigenvalue weighted by Gasteiger charge is 2.24. The minimum absolute atomic E-state index is 0.0792. The van der Waals surface area contributed by atoms with E-state index in [1.54, 1.807) is 19.1 Å². The lowest BCUT2D eigenvalue weighted by Crippen LogP contribution is -2.52. The monoisotopic (exact) mass is 239 g/mol. The van der Waals surface area contributed by atoms with Gasteiger partial charge < -0.3 is 21.3 Å². The predicted octanol–water partition coefficient (Wildman–Crippen LogP) is -0.934. The van der Waals surface area contributed by atoms with E-state index in [2.05, 4.69) is 10.3 Å². The molecule has 0 saturated carbocycles. The minimum atomic E-state index is -1.01. The first-order valence-corrected chi connectivity index (χ1v) is 5.22. The molecule has 0 bridgehead atoms. The van der Waals surface area contributed by atoms with Crippen molar-refractivity contribution in [2.45, 2.75) is 18.9 Å². The van der Waals surface area contributed by atoms with Crippen molar-refractivity contribution in [3.63, 3.8) is 0 Å². The molecule has 6 heteroatoms. The van der Waals surface area contributed by atoms with E-state index in [4.69, 9.17) is 15.9 Å². The van der Waals surface area contributed by atoms with Crippen LogP contribution in [0.5, 0.6) is 0 Å². The molecule has 1 aromatic rings. The van der Waals surface area contributed by atoms with Crippen molar-refractivity contribution < 1.29 is 15.0 Å². The van der Waals surface area contributed by atoms with Gasteiger partial charge in [0.1, 0.15) is 0 Å². The number of anilines is 1. The van der Waals surface area contributed by atoms with E-state index in [1.165, 1.54) is 6.20 Å². The molecule has 0 aliphatic heterocycles. The number of hydrogen-bond acceptors (Lipinski definition) is 5. The molecule has 1 aromatic heterocycles. The fraction of sp³-hybridized carbons (Fsp3) is 0.455. The summed E-state index contributed by atoms with van der Waals surface area (Å²) in [6.45, 7) is 0.899. The molecule has 0 saturated heterocycles. The molecule has 17 heavy (non-hydrogen) atoms. The van der Waals surface area contributed by atoms with Gasteiger partial charge in [0.2, 0.25) is 5.91 Å². The van der Waals surface area contributed by atoms with Crippen molar-refractivity contribution in [1.29, 1.82) is 0 Å². The fourth-order valence-corrected chi connectivity index (χ4v) is 1.21. The summed E-state index contributed by atoms with van der Waals surface area (Å²) in [6.07, 6.45) is 1.55. The summed E-state index contributed by atoms with van der Waals surface area (Å²) >= 11 is 0. The summed E-state index contributed by atoms with van der Waals surface area (Å²) in [5, 5.41) is 20.6. The molecular formula is C11H17N3O3. The van der Waals surface area contributed by atoms with Gasteiger partial charge in [-0.1, -0.05) is 0 Å². The molecule has 0 unspecified atom stereocenters. The van der Waals surface area contributed by atoms with Gasteiger partial charge in [0, 0.05) is 5.69 Å². The van der Waals surface area contributed by atoms with Gasteiger partial charge in [-0.2, -0.15) is 0 Å². The van der Waals surface area contributed by atoms with E-state index in [0.29, 0.717) is 11.4 Å². The summed E-state index contributed by atoms with van der Waals surface area (Å²) < 4.78 is 0. The van der Waals surface area contributed by atoms with Crippen molar-refractivity contribution in [3.05, 3.63) is 24.0 Å². The average Bonchev–Trinajstić information content (AvgIpc) is 2.32. The van der Waals surface area contributed by atoms with Crippen LogP contribution in [-0.4, -0.2) is 39.9 Å². The summed E-state index contributed by atoms with van der Waals surface area (Å²) in [7, 11) is 0. The second kappa shape index (κ2) is 5.60. The molecule has 6 nitrogen and oxygen atoms in total. The number of nitrogens with two attached hydrogens (primary N) is 1. The van der Waals surface area contributed by atoms with Crippen molar-refractivity contribution in [2.24, 2.45) is 0 Å². The lowest BCUT2D eigenvalue weighted by molar-refractivity contribution is -0.123. The Balaban J connectivity index is 2.58. The third-order valence-corrected chi connectivity index (χ3v) is 2.33. The van der Waals surface area contributed by atoms with Crippen molar-refractivity contribution >= 4 is 11.6 Å². The van der Waals surface area contributed by atoms with Gasteiger partial charge in [0.15, 0.2) is 0 Å². The van der Waals surface area contributed by atoms with Crippen LogP contribution >= 0.6 is 0 Å². The lowest BCUT2D eigenvalue weighted by Gasteiger charge is -2.26. The normalized spacial score (nSPS) is 11.2. The van der Waals surface area contributed by atoms with Crippen LogP contribution in [0.25, 0.3) is 0 Å². The van der Waals surface area contributed by atoms with E-state index in [9.17, 15) is 4.79 Å². The number of hydrogen-bond donors (Lipinski definition) is 4. The second-order valence-corrected chi connectivity index (χ2v) is 4.18. The van der Waals surface area contributed by atoms with Gasteiger partial charge in [-0.15, -0.1) is 0 Å². The van der Waals surface area contributed by atoms with Gasteiger partial charge in [-0.05, 0) is 19.1 Å². The first kappa shape index (κ1) is 13.4. The molecular weight excluding hydrogens is 222 g/mol. The maximum Gasteiger partial charge on any atom is 0.226 e. The highest BCUT2D eigenvalue weighted by molar-refractivity contribution is 5.79. The number of nitrogen functional groups attached to an aromatic ring is 1. The molecule has 1 rings (SSSR count). The number of rotatable bonds is 5. The van der Waals surface area contributed by atoms with Crippen molar-refractivity contribution in [2.75, 3.05) is 18.9 Å². The number of nitrogens with one attached hydrogen (secondary N) is 1. The van der Waals surface area contributed by atoms with E-state index in [-0.39, 0.29) is 25.5 Å². The Kier molecular flexibility index (Phi) is 4.42. The van der Waals surface area contributed by atoms with Crippen molar-refractivity contribution in [1.82, 2.24) is 10.3 Å². The third kappa shape index (κ3) is 4.01. The SMILES string of the molecule is CC(CO)(CO)NC(=O)Cc1ccc(N)cn1. The molecule has 1 amide bonds. The maximum atomic E-state index is 11.6. The molecule has 0 fully saturated rings. The van der Waals surface area contributed by atoms with Crippen LogP contribution in [0.2, 0.25) is 0 Å². The summed E-state index contributed by atoms with van der Waals surface area (Å²) in [4.78, 5) is 15.6. The van der Waals surface area contributed by atoms with Crippen LogP contribution in [0.3, 0.4) is 0 Å².